The molecule has 4 rings (SSSR count). The molecule has 29 heavy (non-hydrogen) atoms. The Morgan fingerprint density at radius 1 is 1.00 bits per heavy atom. The minimum atomic E-state index is -0.240. The van der Waals surface area contributed by atoms with Gasteiger partial charge in [0.25, 0.3) is 5.91 Å². The number of hydrogen-bond donors (Lipinski definition) is 0. The molecule has 0 saturated heterocycles. The number of carbonyl (C=O) groups excluding carboxylic acids is 1. The van der Waals surface area contributed by atoms with Crippen LogP contribution in [0.5, 0.6) is 0 Å². The summed E-state index contributed by atoms with van der Waals surface area (Å²) in [6.45, 7) is 1.88. The van der Waals surface area contributed by atoms with Crippen LogP contribution in [0.4, 0.5) is 0 Å². The van der Waals surface area contributed by atoms with Gasteiger partial charge < -0.3 is 0 Å². The van der Waals surface area contributed by atoms with Crippen LogP contribution >= 0.6 is 35.0 Å². The topological polar surface area (TPSA) is 47.8 Å². The fourth-order valence-electron chi connectivity index (χ4n) is 2.95. The van der Waals surface area contributed by atoms with Gasteiger partial charge in [0.2, 0.25) is 0 Å². The highest BCUT2D eigenvalue weighted by Gasteiger charge is 2.23. The molecule has 0 radical (unpaired) electrons. The molecule has 0 saturated carbocycles. The molecule has 0 fully saturated rings. The average molecular weight is 440 g/mol. The highest BCUT2D eigenvalue weighted by molar-refractivity contribution is 7.99. The van der Waals surface area contributed by atoms with E-state index in [0.717, 1.165) is 26.7 Å². The van der Waals surface area contributed by atoms with Crippen molar-refractivity contribution in [1.82, 2.24) is 14.8 Å². The van der Waals surface area contributed by atoms with E-state index in [1.807, 2.05) is 49.4 Å². The van der Waals surface area contributed by atoms with Gasteiger partial charge in [0.1, 0.15) is 0 Å². The molecule has 0 amide bonds. The van der Waals surface area contributed by atoms with Crippen LogP contribution in [0.3, 0.4) is 0 Å². The van der Waals surface area contributed by atoms with E-state index in [4.69, 9.17) is 23.2 Å². The van der Waals surface area contributed by atoms with E-state index >= 15 is 0 Å². The van der Waals surface area contributed by atoms with Gasteiger partial charge in [-0.25, -0.2) is 0 Å². The molecule has 0 N–H and O–H groups in total. The highest BCUT2D eigenvalue weighted by Crippen LogP contribution is 2.40. The van der Waals surface area contributed by atoms with Crippen molar-refractivity contribution >= 4 is 40.9 Å². The first-order chi connectivity index (χ1) is 14.0. The smallest absolute Gasteiger partial charge is 0.267 e. The molecule has 0 aliphatic rings. The molecular formula is C22H15Cl2N3OS. The lowest BCUT2D eigenvalue weighted by atomic mass is 10.1. The van der Waals surface area contributed by atoms with Crippen LogP contribution in [0.1, 0.15) is 16.1 Å². The Bertz CT molecular complexity index is 1160. The van der Waals surface area contributed by atoms with E-state index in [2.05, 4.69) is 10.1 Å². The zero-order valence-corrected chi connectivity index (χ0v) is 17.7. The quantitative estimate of drug-likeness (QED) is 0.369. The number of benzene rings is 2. The molecule has 4 aromatic rings. The zero-order valence-electron chi connectivity index (χ0n) is 15.3. The summed E-state index contributed by atoms with van der Waals surface area (Å²) in [6.07, 6.45) is 3.17. The first kappa shape index (κ1) is 19.7. The van der Waals surface area contributed by atoms with Gasteiger partial charge in [0.05, 0.1) is 21.8 Å². The zero-order chi connectivity index (χ0) is 20.4. The summed E-state index contributed by atoms with van der Waals surface area (Å²) in [5, 5.41) is 5.66. The van der Waals surface area contributed by atoms with Gasteiger partial charge in [-0.15, -0.1) is 0 Å². The minimum absolute atomic E-state index is 0.240. The minimum Gasteiger partial charge on any atom is -0.267 e. The maximum Gasteiger partial charge on any atom is 0.280 e. The molecule has 144 valence electrons. The number of halogens is 2. The molecule has 7 heteroatoms. The van der Waals surface area contributed by atoms with Crippen molar-refractivity contribution in [2.75, 3.05) is 0 Å². The van der Waals surface area contributed by atoms with E-state index in [-0.39, 0.29) is 5.91 Å². The average Bonchev–Trinajstić information content (AvgIpc) is 3.04. The molecule has 0 bridgehead atoms. The number of aryl methyl sites for hydroxylation is 1. The number of rotatable bonds is 4. The van der Waals surface area contributed by atoms with Gasteiger partial charge in [-0.1, -0.05) is 65.3 Å². The first-order valence-corrected chi connectivity index (χ1v) is 10.3. The Morgan fingerprint density at radius 2 is 1.72 bits per heavy atom. The SMILES string of the molecule is Cc1nn(C(=O)c2cccnc2)c(-c2ccccc2)c1Sc1cc(Cl)cc(Cl)c1. The Kier molecular flexibility index (Phi) is 5.72. The van der Waals surface area contributed by atoms with Crippen molar-refractivity contribution in [2.45, 2.75) is 16.7 Å². The lowest BCUT2D eigenvalue weighted by Crippen LogP contribution is -2.15. The third-order valence-corrected chi connectivity index (χ3v) is 5.81. The first-order valence-electron chi connectivity index (χ1n) is 8.76. The predicted octanol–water partition coefficient (Wildman–Crippen LogP) is 6.40. The second kappa shape index (κ2) is 8.41. The number of pyridine rings is 1. The summed E-state index contributed by atoms with van der Waals surface area (Å²) < 4.78 is 1.44. The normalized spacial score (nSPS) is 10.9. The maximum atomic E-state index is 13.2. The van der Waals surface area contributed by atoms with Gasteiger partial charge >= 0.3 is 0 Å². The van der Waals surface area contributed by atoms with Crippen LogP contribution < -0.4 is 0 Å². The fraction of sp³-hybridized carbons (Fsp3) is 0.0455. The number of nitrogens with zero attached hydrogens (tertiary/aromatic N) is 3. The Morgan fingerprint density at radius 3 is 2.38 bits per heavy atom. The van der Waals surface area contributed by atoms with E-state index < -0.39 is 0 Å². The van der Waals surface area contributed by atoms with Crippen molar-refractivity contribution in [3.63, 3.8) is 0 Å². The summed E-state index contributed by atoms with van der Waals surface area (Å²) in [5.41, 5.74) is 2.82. The number of hydrogen-bond acceptors (Lipinski definition) is 4. The Labute approximate surface area is 182 Å². The third-order valence-electron chi connectivity index (χ3n) is 4.21. The van der Waals surface area contributed by atoms with Gasteiger partial charge in [-0.05, 0) is 37.3 Å². The second-order valence-corrected chi connectivity index (χ2v) is 8.25. The van der Waals surface area contributed by atoms with Gasteiger partial charge in [0, 0.05) is 32.9 Å². The summed E-state index contributed by atoms with van der Waals surface area (Å²) in [5.74, 6) is -0.240. The van der Waals surface area contributed by atoms with Crippen molar-refractivity contribution in [1.29, 1.82) is 0 Å². The van der Waals surface area contributed by atoms with E-state index in [0.29, 0.717) is 15.6 Å². The van der Waals surface area contributed by atoms with Crippen molar-refractivity contribution in [2.24, 2.45) is 0 Å². The second-order valence-electron chi connectivity index (χ2n) is 6.30. The van der Waals surface area contributed by atoms with Crippen molar-refractivity contribution in [3.05, 3.63) is 94.4 Å². The molecule has 4 nitrogen and oxygen atoms in total. The summed E-state index contributed by atoms with van der Waals surface area (Å²) >= 11 is 13.8. The van der Waals surface area contributed by atoms with E-state index in [1.54, 1.807) is 24.4 Å². The summed E-state index contributed by atoms with van der Waals surface area (Å²) in [7, 11) is 0. The third kappa shape index (κ3) is 4.22. The standard InChI is InChI=1S/C22H15Cl2N3OS/c1-14-21(29-19-11-17(23)10-18(24)12-19)20(15-6-3-2-4-7-15)27(26-14)22(28)16-8-5-9-25-13-16/h2-13H,1H3. The summed E-state index contributed by atoms with van der Waals surface area (Å²) in [4.78, 5) is 19.0. The Hall–Kier alpha value is -2.60. The lowest BCUT2D eigenvalue weighted by Gasteiger charge is -2.09. The van der Waals surface area contributed by atoms with E-state index in [1.165, 1.54) is 22.6 Å². The summed E-state index contributed by atoms with van der Waals surface area (Å²) in [6, 6.07) is 18.5. The van der Waals surface area contributed by atoms with Gasteiger partial charge in [-0.3, -0.25) is 9.78 Å². The fourth-order valence-corrected chi connectivity index (χ4v) is 4.70. The monoisotopic (exact) mass is 439 g/mol. The predicted molar refractivity (Wildman–Crippen MR) is 117 cm³/mol. The lowest BCUT2D eigenvalue weighted by molar-refractivity contribution is 0.0946. The van der Waals surface area contributed by atoms with Crippen LogP contribution in [0.2, 0.25) is 10.0 Å². The van der Waals surface area contributed by atoms with Crippen molar-refractivity contribution in [3.8, 4) is 11.3 Å². The molecule has 0 aliphatic carbocycles. The van der Waals surface area contributed by atoms with Crippen LogP contribution in [-0.2, 0) is 0 Å². The van der Waals surface area contributed by atoms with Crippen LogP contribution in [-0.4, -0.2) is 20.7 Å². The van der Waals surface area contributed by atoms with Crippen molar-refractivity contribution < 1.29 is 4.79 Å². The number of carbonyl (C=O) groups is 1. The van der Waals surface area contributed by atoms with Crippen LogP contribution in [0.15, 0.2) is 82.8 Å². The molecule has 2 heterocycles. The molecule has 0 unspecified atom stereocenters. The molecular weight excluding hydrogens is 425 g/mol. The number of aromatic nitrogens is 3. The molecule has 0 aliphatic heterocycles. The molecule has 2 aromatic carbocycles. The molecule has 0 atom stereocenters. The highest BCUT2D eigenvalue weighted by atomic mass is 35.5. The van der Waals surface area contributed by atoms with E-state index in [9.17, 15) is 4.79 Å². The largest absolute Gasteiger partial charge is 0.280 e. The van der Waals surface area contributed by atoms with Crippen LogP contribution in [0.25, 0.3) is 11.3 Å². The van der Waals surface area contributed by atoms with Crippen LogP contribution in [0, 0.1) is 6.92 Å². The van der Waals surface area contributed by atoms with Gasteiger partial charge in [0.15, 0.2) is 0 Å². The molecule has 2 aromatic heterocycles. The van der Waals surface area contributed by atoms with Gasteiger partial charge in [-0.2, -0.15) is 9.78 Å². The Balaban J connectivity index is 1.87. The molecule has 0 spiro atoms. The maximum absolute atomic E-state index is 13.2.